The van der Waals surface area contributed by atoms with Crippen LogP contribution in [0.15, 0.2) is 35.5 Å². The quantitative estimate of drug-likeness (QED) is 0.721. The molecule has 2 heterocycles. The predicted molar refractivity (Wildman–Crippen MR) is 111 cm³/mol. The van der Waals surface area contributed by atoms with Crippen molar-refractivity contribution in [2.45, 2.75) is 32.7 Å². The van der Waals surface area contributed by atoms with Crippen LogP contribution in [-0.4, -0.2) is 67.7 Å². The van der Waals surface area contributed by atoms with Gasteiger partial charge >= 0.3 is 12.0 Å². The molecule has 2 aliphatic heterocycles. The van der Waals surface area contributed by atoms with Crippen LogP contribution < -0.4 is 5.32 Å². The van der Waals surface area contributed by atoms with Gasteiger partial charge in [0.2, 0.25) is 0 Å². The predicted octanol–water partition coefficient (Wildman–Crippen LogP) is 2.47. The summed E-state index contributed by atoms with van der Waals surface area (Å²) in [6, 6.07) is 5.97. The number of benzene rings is 1. The molecule has 1 aromatic carbocycles. The maximum atomic E-state index is 13.5. The summed E-state index contributed by atoms with van der Waals surface area (Å²) in [7, 11) is 1.33. The lowest BCUT2D eigenvalue weighted by atomic mass is 9.93. The van der Waals surface area contributed by atoms with Gasteiger partial charge in [-0.3, -0.25) is 9.69 Å². The monoisotopic (exact) mass is 415 g/mol. The number of nitrogens with zero attached hydrogens (tertiary/aromatic N) is 2. The molecule has 0 saturated carbocycles. The third kappa shape index (κ3) is 4.48. The van der Waals surface area contributed by atoms with Crippen LogP contribution in [0.25, 0.3) is 0 Å². The minimum Gasteiger partial charge on any atom is -0.465 e. The van der Waals surface area contributed by atoms with Crippen LogP contribution in [-0.2, 0) is 14.3 Å². The summed E-state index contributed by atoms with van der Waals surface area (Å²) in [5, 5.41) is 2.99. The standard InChI is InChI=1S/C22H29N3O5/c1-4-5-10-25-15(2)18(20(26)24-11-13-30-14-12-24)19(23-22(25)28)16-6-8-17(9-7-16)21(27)29-3/h6-9,19H,4-5,10-14H2,1-3H3,(H,23,28)/t19-/m1/s1. The fourth-order valence-electron chi connectivity index (χ4n) is 3.76. The van der Waals surface area contributed by atoms with Crippen molar-refractivity contribution in [2.75, 3.05) is 40.0 Å². The van der Waals surface area contributed by atoms with Gasteiger partial charge in [-0.2, -0.15) is 0 Å². The number of nitrogens with one attached hydrogen (secondary N) is 1. The molecule has 162 valence electrons. The Balaban J connectivity index is 1.98. The maximum absolute atomic E-state index is 13.5. The van der Waals surface area contributed by atoms with E-state index in [4.69, 9.17) is 9.47 Å². The van der Waals surface area contributed by atoms with Gasteiger partial charge in [-0.05, 0) is 31.0 Å². The van der Waals surface area contributed by atoms with Crippen molar-refractivity contribution >= 4 is 17.9 Å². The molecule has 1 N–H and O–H groups in total. The Bertz CT molecular complexity index is 828. The SMILES string of the molecule is CCCCN1C(=O)N[C@H](c2ccc(C(=O)OC)cc2)C(C(=O)N2CCOCC2)=C1C. The molecular weight excluding hydrogens is 386 g/mol. The van der Waals surface area contributed by atoms with E-state index in [1.165, 1.54) is 7.11 Å². The van der Waals surface area contributed by atoms with E-state index < -0.39 is 12.0 Å². The third-order valence-electron chi connectivity index (χ3n) is 5.53. The van der Waals surface area contributed by atoms with Crippen molar-refractivity contribution in [2.24, 2.45) is 0 Å². The van der Waals surface area contributed by atoms with Crippen molar-refractivity contribution in [1.29, 1.82) is 0 Å². The summed E-state index contributed by atoms with van der Waals surface area (Å²) < 4.78 is 10.1. The van der Waals surface area contributed by atoms with Crippen LogP contribution in [0.1, 0.15) is 48.7 Å². The molecule has 0 unspecified atom stereocenters. The van der Waals surface area contributed by atoms with E-state index in [-0.39, 0.29) is 11.9 Å². The average Bonchev–Trinajstić information content (AvgIpc) is 2.78. The van der Waals surface area contributed by atoms with Gasteiger partial charge in [-0.15, -0.1) is 0 Å². The molecule has 1 atom stereocenters. The van der Waals surface area contributed by atoms with Crippen LogP contribution in [0.4, 0.5) is 4.79 Å². The number of carbonyl (C=O) groups is 3. The van der Waals surface area contributed by atoms with Gasteiger partial charge in [-0.1, -0.05) is 25.5 Å². The van der Waals surface area contributed by atoms with Crippen LogP contribution >= 0.6 is 0 Å². The summed E-state index contributed by atoms with van der Waals surface area (Å²) >= 11 is 0. The molecule has 8 nitrogen and oxygen atoms in total. The zero-order valence-corrected chi connectivity index (χ0v) is 17.8. The third-order valence-corrected chi connectivity index (χ3v) is 5.53. The number of morpholine rings is 1. The minimum absolute atomic E-state index is 0.0978. The van der Waals surface area contributed by atoms with Gasteiger partial charge in [0.25, 0.3) is 5.91 Å². The van der Waals surface area contributed by atoms with Crippen molar-refractivity contribution in [3.05, 3.63) is 46.7 Å². The Labute approximate surface area is 176 Å². The van der Waals surface area contributed by atoms with E-state index >= 15 is 0 Å². The minimum atomic E-state index is -0.586. The van der Waals surface area contributed by atoms with E-state index in [9.17, 15) is 14.4 Å². The Morgan fingerprint density at radius 1 is 1.20 bits per heavy atom. The number of allylic oxidation sites excluding steroid dienone is 1. The van der Waals surface area contributed by atoms with Gasteiger partial charge in [0.1, 0.15) is 0 Å². The zero-order chi connectivity index (χ0) is 21.7. The largest absolute Gasteiger partial charge is 0.465 e. The molecule has 2 aliphatic rings. The molecule has 1 saturated heterocycles. The van der Waals surface area contributed by atoms with E-state index in [1.807, 2.05) is 6.92 Å². The molecule has 0 spiro atoms. The molecule has 30 heavy (non-hydrogen) atoms. The highest BCUT2D eigenvalue weighted by Crippen LogP contribution is 2.32. The molecule has 3 rings (SSSR count). The number of amides is 3. The van der Waals surface area contributed by atoms with Crippen LogP contribution in [0.2, 0.25) is 0 Å². The molecule has 8 heteroatoms. The fourth-order valence-corrected chi connectivity index (χ4v) is 3.76. The first-order chi connectivity index (χ1) is 14.5. The summed E-state index contributed by atoms with van der Waals surface area (Å²) in [5.41, 5.74) is 2.38. The molecular formula is C22H29N3O5. The van der Waals surface area contributed by atoms with Gasteiger partial charge in [0.05, 0.1) is 37.5 Å². The first kappa shape index (κ1) is 21.8. The number of carbonyl (C=O) groups excluding carboxylic acids is 3. The number of methoxy groups -OCH3 is 1. The number of esters is 1. The molecule has 0 radical (unpaired) electrons. The lowest BCUT2D eigenvalue weighted by Crippen LogP contribution is -2.51. The number of ether oxygens (including phenoxy) is 2. The number of rotatable bonds is 6. The fraction of sp³-hybridized carbons (Fsp3) is 0.500. The van der Waals surface area contributed by atoms with Gasteiger partial charge in [-0.25, -0.2) is 9.59 Å². The number of unbranched alkanes of at least 4 members (excludes halogenated alkanes) is 1. The van der Waals surface area contributed by atoms with Gasteiger partial charge in [0, 0.05) is 25.3 Å². The smallest absolute Gasteiger partial charge is 0.337 e. The zero-order valence-electron chi connectivity index (χ0n) is 17.8. The summed E-state index contributed by atoms with van der Waals surface area (Å²) in [6.07, 6.45) is 1.80. The molecule has 0 aliphatic carbocycles. The number of hydrogen-bond donors (Lipinski definition) is 1. The lowest BCUT2D eigenvalue weighted by molar-refractivity contribution is -0.131. The molecule has 1 aromatic rings. The first-order valence-corrected chi connectivity index (χ1v) is 10.3. The summed E-state index contributed by atoms with van der Waals surface area (Å²) in [4.78, 5) is 41.4. The van der Waals surface area contributed by atoms with E-state index in [2.05, 4.69) is 12.2 Å². The van der Waals surface area contributed by atoms with Crippen molar-refractivity contribution in [3.63, 3.8) is 0 Å². The Kier molecular flexibility index (Phi) is 7.10. The van der Waals surface area contributed by atoms with Crippen molar-refractivity contribution in [1.82, 2.24) is 15.1 Å². The van der Waals surface area contributed by atoms with Crippen LogP contribution in [0, 0.1) is 0 Å². The number of hydrogen-bond acceptors (Lipinski definition) is 5. The molecule has 0 bridgehead atoms. The highest BCUT2D eigenvalue weighted by atomic mass is 16.5. The van der Waals surface area contributed by atoms with E-state index in [0.29, 0.717) is 49.7 Å². The Morgan fingerprint density at radius 3 is 2.47 bits per heavy atom. The lowest BCUT2D eigenvalue weighted by Gasteiger charge is -2.38. The second kappa shape index (κ2) is 9.75. The highest BCUT2D eigenvalue weighted by Gasteiger charge is 2.37. The van der Waals surface area contributed by atoms with Gasteiger partial charge in [0.15, 0.2) is 0 Å². The second-order valence-electron chi connectivity index (χ2n) is 7.40. The van der Waals surface area contributed by atoms with Crippen LogP contribution in [0.5, 0.6) is 0 Å². The molecule has 0 aromatic heterocycles. The van der Waals surface area contributed by atoms with Crippen molar-refractivity contribution in [3.8, 4) is 0 Å². The summed E-state index contributed by atoms with van der Waals surface area (Å²) in [5.74, 6) is -0.532. The topological polar surface area (TPSA) is 88.2 Å². The van der Waals surface area contributed by atoms with Crippen LogP contribution in [0.3, 0.4) is 0 Å². The Morgan fingerprint density at radius 2 is 1.87 bits per heavy atom. The first-order valence-electron chi connectivity index (χ1n) is 10.3. The molecule has 3 amide bonds. The second-order valence-corrected chi connectivity index (χ2v) is 7.40. The normalized spacial score (nSPS) is 19.6. The van der Waals surface area contributed by atoms with Crippen molar-refractivity contribution < 1.29 is 23.9 Å². The Hall–Kier alpha value is -2.87. The molecule has 1 fully saturated rings. The maximum Gasteiger partial charge on any atom is 0.337 e. The average molecular weight is 415 g/mol. The van der Waals surface area contributed by atoms with E-state index in [1.54, 1.807) is 34.1 Å². The van der Waals surface area contributed by atoms with Gasteiger partial charge < -0.3 is 19.7 Å². The summed E-state index contributed by atoms with van der Waals surface area (Å²) in [6.45, 7) is 6.50. The highest BCUT2D eigenvalue weighted by molar-refractivity contribution is 5.98. The van der Waals surface area contributed by atoms with E-state index in [0.717, 1.165) is 18.4 Å². The number of urea groups is 1.